The Morgan fingerprint density at radius 2 is 1.84 bits per heavy atom. The Labute approximate surface area is 155 Å². The Hall–Kier alpha value is -1.57. The second kappa shape index (κ2) is 8.69. The van der Waals surface area contributed by atoms with Crippen molar-refractivity contribution in [3.8, 4) is 5.75 Å². The maximum Gasteiger partial charge on any atom is 0.128 e. The molecular formula is C23H37NO. The number of aryl methyl sites for hydroxylation is 1. The van der Waals surface area contributed by atoms with Gasteiger partial charge in [0.05, 0.1) is 6.04 Å². The lowest BCUT2D eigenvalue weighted by Gasteiger charge is -2.26. The first kappa shape index (κ1) is 21.5. The zero-order valence-electron chi connectivity index (χ0n) is 17.3. The molecule has 0 bridgehead atoms. The molecule has 0 aliphatic carbocycles. The molecular weight excluding hydrogens is 306 g/mol. The van der Waals surface area contributed by atoms with E-state index >= 15 is 0 Å². The fraction of sp³-hybridized carbons (Fsp3) is 0.609. The minimum Gasteiger partial charge on any atom is -0.507 e. The van der Waals surface area contributed by atoms with E-state index in [4.69, 9.17) is 0 Å². The molecule has 0 fully saturated rings. The summed E-state index contributed by atoms with van der Waals surface area (Å²) < 4.78 is 0. The summed E-state index contributed by atoms with van der Waals surface area (Å²) in [6.45, 7) is 19.2. The van der Waals surface area contributed by atoms with Crippen LogP contribution in [-0.2, 0) is 11.8 Å². The van der Waals surface area contributed by atoms with E-state index < -0.39 is 0 Å². The van der Waals surface area contributed by atoms with Crippen molar-refractivity contribution >= 4 is 6.21 Å². The summed E-state index contributed by atoms with van der Waals surface area (Å²) in [4.78, 5) is 4.48. The lowest BCUT2D eigenvalue weighted by Crippen LogP contribution is -2.17. The van der Waals surface area contributed by atoms with Gasteiger partial charge in [-0.1, -0.05) is 53.7 Å². The third-order valence-electron chi connectivity index (χ3n) is 4.99. The Kier molecular flexibility index (Phi) is 7.46. The molecule has 0 aliphatic rings. The predicted octanol–water partition coefficient (Wildman–Crippen LogP) is 6.44. The molecule has 1 unspecified atom stereocenters. The molecule has 0 aliphatic heterocycles. The summed E-state index contributed by atoms with van der Waals surface area (Å²) in [7, 11) is 0. The van der Waals surface area contributed by atoms with Crippen molar-refractivity contribution in [1.82, 2.24) is 0 Å². The van der Waals surface area contributed by atoms with Crippen LogP contribution in [0.1, 0.15) is 84.4 Å². The Balaban J connectivity index is 3.22. The van der Waals surface area contributed by atoms with Gasteiger partial charge in [-0.3, -0.25) is 4.99 Å². The topological polar surface area (TPSA) is 32.6 Å². The zero-order chi connectivity index (χ0) is 19.3. The van der Waals surface area contributed by atoms with Gasteiger partial charge in [0.1, 0.15) is 5.75 Å². The first-order valence-electron chi connectivity index (χ1n) is 9.52. The summed E-state index contributed by atoms with van der Waals surface area (Å²) in [5.41, 5.74) is 3.42. The fourth-order valence-electron chi connectivity index (χ4n) is 2.75. The van der Waals surface area contributed by atoms with Gasteiger partial charge in [-0.15, -0.1) is 6.58 Å². The van der Waals surface area contributed by atoms with E-state index in [1.54, 1.807) is 12.3 Å². The second-order valence-corrected chi connectivity index (χ2v) is 8.99. The summed E-state index contributed by atoms with van der Waals surface area (Å²) in [5.74, 6) is 0.367. The van der Waals surface area contributed by atoms with E-state index in [1.165, 1.54) is 12.0 Å². The normalized spacial score (nSPS) is 14.0. The van der Waals surface area contributed by atoms with Gasteiger partial charge >= 0.3 is 0 Å². The number of hydrogen-bond acceptors (Lipinski definition) is 2. The van der Waals surface area contributed by atoms with Crippen LogP contribution in [0.25, 0.3) is 0 Å². The third-order valence-corrected chi connectivity index (χ3v) is 4.99. The molecule has 0 saturated carbocycles. The van der Waals surface area contributed by atoms with E-state index in [0.29, 0.717) is 11.2 Å². The van der Waals surface area contributed by atoms with Crippen LogP contribution in [-0.4, -0.2) is 17.4 Å². The molecule has 0 amide bonds. The highest BCUT2D eigenvalue weighted by Gasteiger charge is 2.24. The quantitative estimate of drug-likeness (QED) is 0.427. The van der Waals surface area contributed by atoms with Crippen molar-refractivity contribution < 1.29 is 5.11 Å². The summed E-state index contributed by atoms with van der Waals surface area (Å²) in [6.07, 6.45) is 7.95. The van der Waals surface area contributed by atoms with Crippen LogP contribution in [0.15, 0.2) is 29.8 Å². The highest BCUT2D eigenvalue weighted by Crippen LogP contribution is 2.37. The van der Waals surface area contributed by atoms with Crippen LogP contribution in [0.5, 0.6) is 5.75 Å². The number of phenols is 1. The summed E-state index contributed by atoms with van der Waals surface area (Å²) in [6, 6.07) is 4.33. The number of benzene rings is 1. The maximum absolute atomic E-state index is 10.8. The molecule has 1 aromatic carbocycles. The Morgan fingerprint density at radius 1 is 1.20 bits per heavy atom. The minimum atomic E-state index is -0.0588. The Bertz CT molecular complexity index is 605. The van der Waals surface area contributed by atoms with Gasteiger partial charge in [0.2, 0.25) is 0 Å². The lowest BCUT2D eigenvalue weighted by molar-refractivity contribution is 0.365. The Morgan fingerprint density at radius 3 is 2.36 bits per heavy atom. The molecule has 0 saturated heterocycles. The molecule has 0 aromatic heterocycles. The third kappa shape index (κ3) is 6.68. The maximum atomic E-state index is 10.8. The van der Waals surface area contributed by atoms with Crippen molar-refractivity contribution in [2.75, 3.05) is 0 Å². The van der Waals surface area contributed by atoms with Crippen molar-refractivity contribution in [3.05, 3.63) is 41.5 Å². The van der Waals surface area contributed by atoms with Gasteiger partial charge in [-0.25, -0.2) is 0 Å². The number of aliphatic imine (C=N–C) groups is 1. The SMILES string of the molecule is C=CC(C)/N=C/c1cc(CCCC(C)(C)C)cc(C(C)(C)CC)c1O. The van der Waals surface area contributed by atoms with Crippen LogP contribution in [0.4, 0.5) is 0 Å². The molecule has 1 rings (SSSR count). The molecule has 140 valence electrons. The average Bonchev–Trinajstić information content (AvgIpc) is 2.53. The largest absolute Gasteiger partial charge is 0.507 e. The van der Waals surface area contributed by atoms with E-state index in [9.17, 15) is 5.11 Å². The first-order chi connectivity index (χ1) is 11.5. The number of aromatic hydroxyl groups is 1. The second-order valence-electron chi connectivity index (χ2n) is 8.99. The monoisotopic (exact) mass is 343 g/mol. The fourth-order valence-corrected chi connectivity index (χ4v) is 2.75. The van der Waals surface area contributed by atoms with Gasteiger partial charge < -0.3 is 5.11 Å². The number of rotatable bonds is 8. The highest BCUT2D eigenvalue weighted by molar-refractivity contribution is 5.85. The van der Waals surface area contributed by atoms with Gasteiger partial charge in [-0.2, -0.15) is 0 Å². The van der Waals surface area contributed by atoms with E-state index in [2.05, 4.69) is 65.2 Å². The summed E-state index contributed by atoms with van der Waals surface area (Å²) >= 11 is 0. The lowest BCUT2D eigenvalue weighted by atomic mass is 9.79. The molecule has 0 heterocycles. The van der Waals surface area contributed by atoms with E-state index in [-0.39, 0.29) is 11.5 Å². The van der Waals surface area contributed by atoms with E-state index in [1.807, 2.05) is 6.92 Å². The standard InChI is InChI=1S/C23H37NO/c1-9-17(3)24-16-19-14-18(12-11-13-22(4,5)6)15-20(21(19)25)23(7,8)10-2/h9,14-17,25H,1,10-13H2,2-8H3/b24-16+. The molecule has 2 heteroatoms. The number of phenolic OH excluding ortho intramolecular Hbond substituents is 1. The van der Waals surface area contributed by atoms with Crippen LogP contribution in [0.2, 0.25) is 0 Å². The van der Waals surface area contributed by atoms with E-state index in [0.717, 1.165) is 30.4 Å². The van der Waals surface area contributed by atoms with Gasteiger partial charge in [0.25, 0.3) is 0 Å². The number of hydrogen-bond donors (Lipinski definition) is 1. The van der Waals surface area contributed by atoms with Crippen molar-refractivity contribution in [2.24, 2.45) is 10.4 Å². The first-order valence-corrected chi connectivity index (χ1v) is 9.52. The molecule has 0 spiro atoms. The number of nitrogens with zero attached hydrogens (tertiary/aromatic N) is 1. The smallest absolute Gasteiger partial charge is 0.128 e. The molecule has 1 aromatic rings. The van der Waals surface area contributed by atoms with Gasteiger partial charge in [0, 0.05) is 17.3 Å². The average molecular weight is 344 g/mol. The van der Waals surface area contributed by atoms with Crippen LogP contribution >= 0.6 is 0 Å². The van der Waals surface area contributed by atoms with Crippen molar-refractivity contribution in [3.63, 3.8) is 0 Å². The van der Waals surface area contributed by atoms with Crippen LogP contribution in [0, 0.1) is 5.41 Å². The summed E-state index contributed by atoms with van der Waals surface area (Å²) in [5, 5.41) is 10.8. The van der Waals surface area contributed by atoms with Crippen LogP contribution < -0.4 is 0 Å². The molecule has 1 atom stereocenters. The van der Waals surface area contributed by atoms with Gasteiger partial charge in [-0.05, 0) is 55.1 Å². The van der Waals surface area contributed by atoms with Crippen molar-refractivity contribution in [2.45, 2.75) is 85.6 Å². The molecule has 1 N–H and O–H groups in total. The zero-order valence-corrected chi connectivity index (χ0v) is 17.3. The highest BCUT2D eigenvalue weighted by atomic mass is 16.3. The van der Waals surface area contributed by atoms with Gasteiger partial charge in [0.15, 0.2) is 0 Å². The molecule has 2 nitrogen and oxygen atoms in total. The predicted molar refractivity (Wildman–Crippen MR) is 111 cm³/mol. The van der Waals surface area contributed by atoms with Crippen LogP contribution in [0.3, 0.4) is 0 Å². The molecule has 0 radical (unpaired) electrons. The minimum absolute atomic E-state index is 0.0478. The molecule has 25 heavy (non-hydrogen) atoms. The van der Waals surface area contributed by atoms with Crippen molar-refractivity contribution in [1.29, 1.82) is 0 Å².